The predicted molar refractivity (Wildman–Crippen MR) is 41.0 cm³/mol. The highest BCUT2D eigenvalue weighted by atomic mass is 35.5. The minimum absolute atomic E-state index is 0. The van der Waals surface area contributed by atoms with Crippen LogP contribution in [0.5, 0.6) is 0 Å². The van der Waals surface area contributed by atoms with Gasteiger partial charge in [0.2, 0.25) is 0 Å². The van der Waals surface area contributed by atoms with Gasteiger partial charge in [-0.2, -0.15) is 0 Å². The smallest absolute Gasteiger partial charge is 0.0605 e. The van der Waals surface area contributed by atoms with Crippen molar-refractivity contribution in [2.75, 3.05) is 6.61 Å². The van der Waals surface area contributed by atoms with Crippen LogP contribution in [-0.4, -0.2) is 29.0 Å². The fourth-order valence-electron chi connectivity index (χ4n) is 1.34. The van der Waals surface area contributed by atoms with E-state index >= 15 is 0 Å². The molecule has 0 saturated heterocycles. The molecule has 0 spiro atoms. The molecule has 10 heavy (non-hydrogen) atoms. The first-order valence-corrected chi connectivity index (χ1v) is 3.28. The molecule has 1 saturated carbocycles. The fourth-order valence-corrected chi connectivity index (χ4v) is 1.34. The van der Waals surface area contributed by atoms with Gasteiger partial charge in [-0.25, -0.2) is 0 Å². The van der Waals surface area contributed by atoms with Crippen molar-refractivity contribution in [3.8, 4) is 0 Å². The van der Waals surface area contributed by atoms with Crippen LogP contribution in [0.3, 0.4) is 0 Å². The molecule has 0 heterocycles. The third-order valence-corrected chi connectivity index (χ3v) is 1.93. The van der Waals surface area contributed by atoms with E-state index in [2.05, 4.69) is 0 Å². The average Bonchev–Trinajstić information content (AvgIpc) is 2.10. The van der Waals surface area contributed by atoms with Gasteiger partial charge in [0.1, 0.15) is 0 Å². The Bertz CT molecular complexity index is 102. The van der Waals surface area contributed by atoms with E-state index in [1.807, 2.05) is 0 Å². The Morgan fingerprint density at radius 1 is 1.40 bits per heavy atom. The van der Waals surface area contributed by atoms with Gasteiger partial charge in [-0.05, 0) is 12.8 Å². The molecule has 0 radical (unpaired) electrons. The van der Waals surface area contributed by atoms with E-state index in [1.165, 1.54) is 0 Å². The number of hydrogen-bond donors (Lipinski definition) is 3. The average molecular weight is 168 g/mol. The van der Waals surface area contributed by atoms with E-state index in [4.69, 9.17) is 15.9 Å². The summed E-state index contributed by atoms with van der Waals surface area (Å²) in [4.78, 5) is 0. The number of rotatable bonds is 1. The molecule has 0 aliphatic heterocycles. The maximum Gasteiger partial charge on any atom is 0.0605 e. The maximum atomic E-state index is 9.12. The number of aliphatic hydroxyl groups is 2. The summed E-state index contributed by atoms with van der Waals surface area (Å²) in [6.45, 7) is 0.0644. The molecule has 4 N–H and O–H groups in total. The number of hydrogen-bond acceptors (Lipinski definition) is 3. The SMILES string of the molecule is Cl.N[C@H]1C[C@H](CO)[C@H](O)C1. The van der Waals surface area contributed by atoms with E-state index in [1.54, 1.807) is 0 Å². The van der Waals surface area contributed by atoms with E-state index in [0.717, 1.165) is 6.42 Å². The third kappa shape index (κ3) is 2.09. The molecule has 1 aliphatic carbocycles. The summed E-state index contributed by atoms with van der Waals surface area (Å²) in [5.41, 5.74) is 5.52. The highest BCUT2D eigenvalue weighted by Gasteiger charge is 2.29. The van der Waals surface area contributed by atoms with Crippen molar-refractivity contribution < 1.29 is 10.2 Å². The molecule has 0 bridgehead atoms. The molecule has 0 aromatic carbocycles. The molecule has 0 aromatic rings. The van der Waals surface area contributed by atoms with Gasteiger partial charge in [0.15, 0.2) is 0 Å². The molecular formula is C6H14ClNO2. The molecule has 0 aromatic heterocycles. The van der Waals surface area contributed by atoms with Gasteiger partial charge < -0.3 is 15.9 Å². The lowest BCUT2D eigenvalue weighted by molar-refractivity contribution is 0.0908. The van der Waals surface area contributed by atoms with Crippen LogP contribution in [0.15, 0.2) is 0 Å². The Morgan fingerprint density at radius 3 is 2.20 bits per heavy atom. The molecule has 3 atom stereocenters. The largest absolute Gasteiger partial charge is 0.396 e. The van der Waals surface area contributed by atoms with E-state index in [-0.39, 0.29) is 37.1 Å². The first-order chi connectivity index (χ1) is 4.24. The van der Waals surface area contributed by atoms with Crippen molar-refractivity contribution >= 4 is 12.4 Å². The van der Waals surface area contributed by atoms with Crippen LogP contribution in [0.25, 0.3) is 0 Å². The van der Waals surface area contributed by atoms with Crippen molar-refractivity contribution in [2.45, 2.75) is 25.0 Å². The molecule has 0 unspecified atom stereocenters. The second-order valence-corrected chi connectivity index (χ2v) is 2.74. The fraction of sp³-hybridized carbons (Fsp3) is 1.00. The van der Waals surface area contributed by atoms with Crippen LogP contribution in [0.2, 0.25) is 0 Å². The van der Waals surface area contributed by atoms with Gasteiger partial charge in [0.25, 0.3) is 0 Å². The van der Waals surface area contributed by atoms with Gasteiger partial charge in [-0.1, -0.05) is 0 Å². The van der Waals surface area contributed by atoms with Gasteiger partial charge in [0.05, 0.1) is 6.10 Å². The maximum absolute atomic E-state index is 9.12. The summed E-state index contributed by atoms with van der Waals surface area (Å²) in [7, 11) is 0. The lowest BCUT2D eigenvalue weighted by atomic mass is 10.1. The van der Waals surface area contributed by atoms with Crippen molar-refractivity contribution in [1.29, 1.82) is 0 Å². The Morgan fingerprint density at radius 2 is 2.00 bits per heavy atom. The van der Waals surface area contributed by atoms with Crippen molar-refractivity contribution in [2.24, 2.45) is 11.7 Å². The van der Waals surface area contributed by atoms with Gasteiger partial charge in [-0.3, -0.25) is 0 Å². The molecule has 1 rings (SSSR count). The van der Waals surface area contributed by atoms with Gasteiger partial charge in [-0.15, -0.1) is 12.4 Å². The van der Waals surface area contributed by atoms with E-state index in [0.29, 0.717) is 6.42 Å². The summed E-state index contributed by atoms with van der Waals surface area (Å²) < 4.78 is 0. The highest BCUT2D eigenvalue weighted by Crippen LogP contribution is 2.23. The minimum Gasteiger partial charge on any atom is -0.396 e. The van der Waals surface area contributed by atoms with Crippen LogP contribution < -0.4 is 5.73 Å². The molecule has 1 aliphatic rings. The van der Waals surface area contributed by atoms with E-state index < -0.39 is 0 Å². The predicted octanol–water partition coefficient (Wildman–Crippen LogP) is -0.501. The molecule has 4 heteroatoms. The zero-order valence-electron chi connectivity index (χ0n) is 5.73. The van der Waals surface area contributed by atoms with Crippen LogP contribution in [0.1, 0.15) is 12.8 Å². The second-order valence-electron chi connectivity index (χ2n) is 2.74. The summed E-state index contributed by atoms with van der Waals surface area (Å²) in [6, 6.07) is 0.0946. The number of halogens is 1. The summed E-state index contributed by atoms with van der Waals surface area (Å²) in [5, 5.41) is 17.8. The summed E-state index contributed by atoms with van der Waals surface area (Å²) >= 11 is 0. The first kappa shape index (κ1) is 10.2. The van der Waals surface area contributed by atoms with Crippen molar-refractivity contribution in [1.82, 2.24) is 0 Å². The summed E-state index contributed by atoms with van der Waals surface area (Å²) in [6.07, 6.45) is 1.04. The molecule has 1 fully saturated rings. The lowest BCUT2D eigenvalue weighted by Crippen LogP contribution is -2.16. The van der Waals surface area contributed by atoms with Crippen LogP contribution in [0, 0.1) is 5.92 Å². The van der Waals surface area contributed by atoms with Crippen molar-refractivity contribution in [3.63, 3.8) is 0 Å². The lowest BCUT2D eigenvalue weighted by Gasteiger charge is -2.08. The Balaban J connectivity index is 0.000000810. The zero-order chi connectivity index (χ0) is 6.85. The molecule has 0 amide bonds. The molecule has 62 valence electrons. The van der Waals surface area contributed by atoms with Crippen molar-refractivity contribution in [3.05, 3.63) is 0 Å². The quantitative estimate of drug-likeness (QED) is 0.493. The second kappa shape index (κ2) is 4.13. The zero-order valence-corrected chi connectivity index (χ0v) is 6.55. The van der Waals surface area contributed by atoms with Gasteiger partial charge in [0, 0.05) is 18.6 Å². The number of aliphatic hydroxyl groups excluding tert-OH is 2. The summed E-state index contributed by atoms with van der Waals surface area (Å²) in [5.74, 6) is 0.0278. The first-order valence-electron chi connectivity index (χ1n) is 3.28. The third-order valence-electron chi connectivity index (χ3n) is 1.93. The van der Waals surface area contributed by atoms with Crippen LogP contribution in [-0.2, 0) is 0 Å². The normalized spacial score (nSPS) is 39.3. The Labute approximate surface area is 66.6 Å². The van der Waals surface area contributed by atoms with E-state index in [9.17, 15) is 0 Å². The van der Waals surface area contributed by atoms with Crippen LogP contribution >= 0.6 is 12.4 Å². The Hall–Kier alpha value is 0.170. The topological polar surface area (TPSA) is 66.5 Å². The van der Waals surface area contributed by atoms with Crippen LogP contribution in [0.4, 0.5) is 0 Å². The highest BCUT2D eigenvalue weighted by molar-refractivity contribution is 5.85. The standard InChI is InChI=1S/C6H13NO2.ClH/c7-5-1-4(3-8)6(9)2-5;/h4-6,8-9H,1-3,7H2;1H/t4-,5+,6-;/m1./s1. The van der Waals surface area contributed by atoms with Gasteiger partial charge >= 0.3 is 0 Å². The Kier molecular flexibility index (Phi) is 4.20. The molecular weight excluding hydrogens is 154 g/mol. The number of nitrogens with two attached hydrogens (primary N) is 1. The monoisotopic (exact) mass is 167 g/mol. The minimum atomic E-state index is -0.370. The molecule has 3 nitrogen and oxygen atoms in total.